The molecule has 0 unspecified atom stereocenters. The zero-order chi connectivity index (χ0) is 25.8. The van der Waals surface area contributed by atoms with Crippen molar-refractivity contribution in [3.63, 3.8) is 0 Å². The minimum atomic E-state index is -0.410. The molecule has 1 heterocycles. The molecule has 0 aliphatic carbocycles. The van der Waals surface area contributed by atoms with Gasteiger partial charge >= 0.3 is 0 Å². The van der Waals surface area contributed by atoms with E-state index in [0.717, 1.165) is 27.9 Å². The molecule has 1 N–H and O–H groups in total. The number of benzene rings is 3. The summed E-state index contributed by atoms with van der Waals surface area (Å²) in [4.78, 5) is 26.0. The van der Waals surface area contributed by atoms with Crippen LogP contribution in [0.5, 0.6) is 11.5 Å². The lowest BCUT2D eigenvalue weighted by molar-refractivity contribution is -0.123. The van der Waals surface area contributed by atoms with Crippen LogP contribution < -0.4 is 14.9 Å². The van der Waals surface area contributed by atoms with Gasteiger partial charge in [0.25, 0.3) is 11.8 Å². The Morgan fingerprint density at radius 1 is 1.08 bits per heavy atom. The van der Waals surface area contributed by atoms with Gasteiger partial charge in [0.15, 0.2) is 15.8 Å². The maximum atomic E-state index is 13.0. The Bertz CT molecular complexity index is 1360. The maximum absolute atomic E-state index is 13.0. The molecule has 1 aliphatic heterocycles. The molecule has 0 bridgehead atoms. The van der Waals surface area contributed by atoms with Crippen LogP contribution in [0.2, 0.25) is 0 Å². The third-order valence-electron chi connectivity index (χ3n) is 5.37. The number of halogens is 1. The number of hydrogen-bond acceptors (Lipinski definition) is 6. The van der Waals surface area contributed by atoms with Crippen molar-refractivity contribution in [2.75, 3.05) is 7.11 Å². The Kier molecular flexibility index (Phi) is 8.13. The fourth-order valence-corrected chi connectivity index (χ4v) is 5.14. The summed E-state index contributed by atoms with van der Waals surface area (Å²) in [5.41, 5.74) is 7.00. The number of ether oxygens (including phenoxy) is 2. The monoisotopic (exact) mass is 582 g/mol. The molecule has 36 heavy (non-hydrogen) atoms. The minimum Gasteiger partial charge on any atom is -0.493 e. The molecule has 1 aliphatic rings. The quantitative estimate of drug-likeness (QED) is 0.264. The largest absolute Gasteiger partial charge is 0.493 e. The van der Waals surface area contributed by atoms with Gasteiger partial charge in [-0.25, -0.2) is 0 Å². The summed E-state index contributed by atoms with van der Waals surface area (Å²) >= 11 is 10.0. The smallest absolute Gasteiger partial charge is 0.285 e. The number of methoxy groups -OCH3 is 1. The van der Waals surface area contributed by atoms with Crippen molar-refractivity contribution in [2.45, 2.75) is 20.5 Å². The second-order valence-electron chi connectivity index (χ2n) is 8.13. The van der Waals surface area contributed by atoms with Crippen molar-refractivity contribution in [3.05, 3.63) is 97.9 Å². The SMILES string of the molecule is COc1cc(/C=C2\SC(=S)N(NC(=O)c3ccc(C)cc3)C2=O)cc(Br)c1OCc1ccc(C)cc1. The van der Waals surface area contributed by atoms with Gasteiger partial charge in [-0.3, -0.25) is 15.0 Å². The fraction of sp³-hybridized carbons (Fsp3) is 0.148. The highest BCUT2D eigenvalue weighted by atomic mass is 79.9. The molecule has 2 amide bonds. The van der Waals surface area contributed by atoms with Crippen molar-refractivity contribution in [1.29, 1.82) is 0 Å². The molecule has 4 rings (SSSR count). The van der Waals surface area contributed by atoms with Gasteiger partial charge in [0.2, 0.25) is 0 Å². The van der Waals surface area contributed by atoms with Crippen molar-refractivity contribution < 1.29 is 19.1 Å². The molecule has 0 saturated carbocycles. The molecule has 9 heteroatoms. The van der Waals surface area contributed by atoms with Crippen LogP contribution in [0, 0.1) is 13.8 Å². The zero-order valence-electron chi connectivity index (χ0n) is 19.8. The van der Waals surface area contributed by atoms with E-state index in [2.05, 4.69) is 21.4 Å². The molecule has 1 fully saturated rings. The summed E-state index contributed by atoms with van der Waals surface area (Å²) in [6.45, 7) is 4.35. The fourth-order valence-electron chi connectivity index (χ4n) is 3.39. The minimum absolute atomic E-state index is 0.246. The van der Waals surface area contributed by atoms with Crippen LogP contribution in [-0.2, 0) is 11.4 Å². The first-order chi connectivity index (χ1) is 17.2. The highest BCUT2D eigenvalue weighted by Crippen LogP contribution is 2.39. The van der Waals surface area contributed by atoms with E-state index in [1.54, 1.807) is 31.4 Å². The summed E-state index contributed by atoms with van der Waals surface area (Å²) in [7, 11) is 1.56. The van der Waals surface area contributed by atoms with E-state index in [4.69, 9.17) is 21.7 Å². The summed E-state index contributed by atoms with van der Waals surface area (Å²) < 4.78 is 12.5. The highest BCUT2D eigenvalue weighted by molar-refractivity contribution is 9.10. The van der Waals surface area contributed by atoms with Crippen molar-refractivity contribution in [2.24, 2.45) is 0 Å². The molecule has 0 radical (unpaired) electrons. The number of amides is 2. The molecule has 3 aromatic rings. The average Bonchev–Trinajstić information content (AvgIpc) is 3.11. The van der Waals surface area contributed by atoms with Crippen molar-refractivity contribution >= 4 is 62.1 Å². The number of nitrogens with zero attached hydrogens (tertiary/aromatic N) is 1. The molecule has 184 valence electrons. The van der Waals surface area contributed by atoms with E-state index in [1.807, 2.05) is 56.3 Å². The summed E-state index contributed by atoms with van der Waals surface area (Å²) in [6.07, 6.45) is 1.70. The predicted molar refractivity (Wildman–Crippen MR) is 150 cm³/mol. The van der Waals surface area contributed by atoms with Crippen LogP contribution in [0.25, 0.3) is 6.08 Å². The number of aryl methyl sites for hydroxylation is 2. The van der Waals surface area contributed by atoms with Gasteiger partial charge in [0, 0.05) is 5.56 Å². The number of carbonyl (C=O) groups excluding carboxylic acids is 2. The molecule has 3 aromatic carbocycles. The Balaban J connectivity index is 1.50. The summed E-state index contributed by atoms with van der Waals surface area (Å²) in [6, 6.07) is 18.8. The number of thioether (sulfide) groups is 1. The zero-order valence-corrected chi connectivity index (χ0v) is 23.1. The Morgan fingerprint density at radius 2 is 1.72 bits per heavy atom. The van der Waals surface area contributed by atoms with Gasteiger partial charge < -0.3 is 9.47 Å². The first-order valence-corrected chi connectivity index (χ1v) is 13.0. The van der Waals surface area contributed by atoms with E-state index in [-0.39, 0.29) is 4.32 Å². The van der Waals surface area contributed by atoms with Gasteiger partial charge in [-0.2, -0.15) is 5.01 Å². The molecular formula is C27H23BrN2O4S2. The van der Waals surface area contributed by atoms with E-state index < -0.39 is 11.8 Å². The summed E-state index contributed by atoms with van der Waals surface area (Å²) in [5.74, 6) is 0.270. The molecule has 0 spiro atoms. The molecule has 1 saturated heterocycles. The Hall–Kier alpha value is -3.14. The third-order valence-corrected chi connectivity index (χ3v) is 7.27. The standard InChI is InChI=1S/C27H23BrN2O4S2/c1-16-4-8-18(9-5-16)15-34-24-21(28)12-19(13-22(24)33-3)14-23-26(32)30(27(35)36-23)29-25(31)20-10-6-17(2)7-11-20/h4-14H,15H2,1-3H3,(H,29,31)/b23-14-. The molecule has 6 nitrogen and oxygen atoms in total. The van der Waals surface area contributed by atoms with Crippen molar-refractivity contribution in [1.82, 2.24) is 10.4 Å². The second kappa shape index (κ2) is 11.3. The van der Waals surface area contributed by atoms with Crippen LogP contribution in [0.3, 0.4) is 0 Å². The van der Waals surface area contributed by atoms with Crippen molar-refractivity contribution in [3.8, 4) is 11.5 Å². The van der Waals surface area contributed by atoms with Gasteiger partial charge in [0.1, 0.15) is 6.61 Å². The third kappa shape index (κ3) is 5.98. The molecule has 0 aromatic heterocycles. The lowest BCUT2D eigenvalue weighted by atomic mass is 10.1. The molecular weight excluding hydrogens is 560 g/mol. The van der Waals surface area contributed by atoms with E-state index >= 15 is 0 Å². The van der Waals surface area contributed by atoms with Crippen LogP contribution >= 0.6 is 39.9 Å². The van der Waals surface area contributed by atoms with E-state index in [9.17, 15) is 9.59 Å². The number of thiocarbonyl (C=S) groups is 1. The average molecular weight is 584 g/mol. The van der Waals surface area contributed by atoms with Crippen LogP contribution in [-0.4, -0.2) is 28.3 Å². The predicted octanol–water partition coefficient (Wildman–Crippen LogP) is 6.20. The van der Waals surface area contributed by atoms with Gasteiger partial charge in [-0.05, 0) is 83.5 Å². The number of hydrazine groups is 1. The highest BCUT2D eigenvalue weighted by Gasteiger charge is 2.34. The lowest BCUT2D eigenvalue weighted by Gasteiger charge is -2.15. The van der Waals surface area contributed by atoms with Gasteiger partial charge in [-0.15, -0.1) is 0 Å². The first kappa shape index (κ1) is 25.9. The molecule has 0 atom stereocenters. The number of rotatable bonds is 7. The maximum Gasteiger partial charge on any atom is 0.285 e. The normalized spacial score (nSPS) is 14.3. The Morgan fingerprint density at radius 3 is 2.36 bits per heavy atom. The van der Waals surface area contributed by atoms with E-state index in [0.29, 0.717) is 38.6 Å². The van der Waals surface area contributed by atoms with Crippen LogP contribution in [0.15, 0.2) is 70.0 Å². The first-order valence-electron chi connectivity index (χ1n) is 11.0. The summed E-state index contributed by atoms with van der Waals surface area (Å²) in [5, 5.41) is 1.10. The number of nitrogens with one attached hydrogen (secondary N) is 1. The van der Waals surface area contributed by atoms with E-state index in [1.165, 1.54) is 5.56 Å². The van der Waals surface area contributed by atoms with Gasteiger partial charge in [0.05, 0.1) is 16.5 Å². The van der Waals surface area contributed by atoms with Gasteiger partial charge in [-0.1, -0.05) is 59.3 Å². The second-order valence-corrected chi connectivity index (χ2v) is 10.7. The number of carbonyl (C=O) groups is 2. The topological polar surface area (TPSA) is 67.9 Å². The van der Waals surface area contributed by atoms with Crippen LogP contribution in [0.1, 0.15) is 32.6 Å². The lowest BCUT2D eigenvalue weighted by Crippen LogP contribution is -2.44. The Labute approximate surface area is 227 Å². The number of hydrogen-bond donors (Lipinski definition) is 1. The van der Waals surface area contributed by atoms with Crippen LogP contribution in [0.4, 0.5) is 0 Å².